The van der Waals surface area contributed by atoms with Crippen molar-refractivity contribution in [3.63, 3.8) is 0 Å². The van der Waals surface area contributed by atoms with E-state index >= 15 is 0 Å². The average Bonchev–Trinajstić information content (AvgIpc) is 2.59. The first kappa shape index (κ1) is 10.5. The van der Waals surface area contributed by atoms with Gasteiger partial charge in [-0.3, -0.25) is 0 Å². The number of anilines is 1. The van der Waals surface area contributed by atoms with Gasteiger partial charge in [-0.1, -0.05) is 0 Å². The summed E-state index contributed by atoms with van der Waals surface area (Å²) in [5.41, 5.74) is 1.41. The van der Waals surface area contributed by atoms with Crippen molar-refractivity contribution < 1.29 is 4.39 Å². The highest BCUT2D eigenvalue weighted by Crippen LogP contribution is 2.16. The van der Waals surface area contributed by atoms with Crippen molar-refractivity contribution >= 4 is 17.0 Å². The zero-order chi connectivity index (χ0) is 11.5. The van der Waals surface area contributed by atoms with Crippen LogP contribution in [0, 0.1) is 18.2 Å². The van der Waals surface area contributed by atoms with E-state index in [1.165, 1.54) is 12.1 Å². The van der Waals surface area contributed by atoms with Gasteiger partial charge in [-0.25, -0.2) is 9.37 Å². The van der Waals surface area contributed by atoms with Crippen LogP contribution in [0.1, 0.15) is 13.3 Å². The van der Waals surface area contributed by atoms with Crippen LogP contribution in [0.5, 0.6) is 0 Å². The molecule has 16 heavy (non-hydrogen) atoms. The summed E-state index contributed by atoms with van der Waals surface area (Å²) in [5.74, 6) is 2.90. The third-order valence-corrected chi connectivity index (χ3v) is 2.25. The van der Waals surface area contributed by atoms with Crippen molar-refractivity contribution in [2.75, 3.05) is 5.32 Å². The van der Waals surface area contributed by atoms with E-state index in [2.05, 4.69) is 21.2 Å². The molecule has 1 atom stereocenters. The Bertz CT molecular complexity index is 539. The molecular formula is C12H12FN3. The second kappa shape index (κ2) is 4.23. The summed E-state index contributed by atoms with van der Waals surface area (Å²) >= 11 is 0. The van der Waals surface area contributed by atoms with Gasteiger partial charge in [0.1, 0.15) is 5.82 Å². The number of halogens is 1. The summed E-state index contributed by atoms with van der Waals surface area (Å²) in [7, 11) is 0. The van der Waals surface area contributed by atoms with Gasteiger partial charge in [-0.05, 0) is 25.1 Å². The number of hydrogen-bond donors (Lipinski definition) is 2. The number of rotatable bonds is 3. The van der Waals surface area contributed by atoms with Gasteiger partial charge < -0.3 is 10.3 Å². The van der Waals surface area contributed by atoms with Crippen LogP contribution in [0.15, 0.2) is 18.2 Å². The largest absolute Gasteiger partial charge is 0.352 e. The molecule has 2 N–H and O–H groups in total. The van der Waals surface area contributed by atoms with Gasteiger partial charge in [0.2, 0.25) is 5.95 Å². The molecule has 1 unspecified atom stereocenters. The number of hydrogen-bond acceptors (Lipinski definition) is 2. The molecule has 4 heteroatoms. The maximum atomic E-state index is 12.9. The Hall–Kier alpha value is -2.02. The molecule has 0 saturated carbocycles. The van der Waals surface area contributed by atoms with E-state index < -0.39 is 0 Å². The van der Waals surface area contributed by atoms with Crippen LogP contribution in [-0.4, -0.2) is 16.0 Å². The molecule has 2 rings (SSSR count). The van der Waals surface area contributed by atoms with E-state index in [-0.39, 0.29) is 11.9 Å². The van der Waals surface area contributed by atoms with Crippen molar-refractivity contribution in [1.82, 2.24) is 9.97 Å². The van der Waals surface area contributed by atoms with Crippen molar-refractivity contribution in [3.05, 3.63) is 24.0 Å². The molecule has 3 nitrogen and oxygen atoms in total. The topological polar surface area (TPSA) is 40.7 Å². The molecule has 0 spiro atoms. The molecular weight excluding hydrogens is 205 g/mol. The molecule has 0 radical (unpaired) electrons. The Labute approximate surface area is 93.1 Å². The summed E-state index contributed by atoms with van der Waals surface area (Å²) in [6, 6.07) is 4.57. The smallest absolute Gasteiger partial charge is 0.201 e. The predicted octanol–water partition coefficient (Wildman–Crippen LogP) is 2.53. The van der Waals surface area contributed by atoms with Crippen LogP contribution in [0.25, 0.3) is 11.0 Å². The molecule has 1 heterocycles. The lowest BCUT2D eigenvalue weighted by molar-refractivity contribution is 0.629. The van der Waals surface area contributed by atoms with E-state index in [0.29, 0.717) is 17.9 Å². The molecule has 0 saturated heterocycles. The number of nitrogens with zero attached hydrogens (tertiary/aromatic N) is 1. The number of nitrogens with one attached hydrogen (secondary N) is 2. The normalized spacial score (nSPS) is 12.3. The van der Waals surface area contributed by atoms with Crippen LogP contribution in [0.2, 0.25) is 0 Å². The van der Waals surface area contributed by atoms with Crippen molar-refractivity contribution in [1.29, 1.82) is 0 Å². The standard InChI is InChI=1S/C12H12FN3/c1-3-4-8(2)14-12-15-10-6-5-9(13)7-11(10)16-12/h1,5-8H,4H2,2H3,(H2,14,15,16). The highest BCUT2D eigenvalue weighted by molar-refractivity contribution is 5.77. The summed E-state index contributed by atoms with van der Waals surface area (Å²) < 4.78 is 12.9. The fraction of sp³-hybridized carbons (Fsp3) is 0.250. The molecule has 2 aromatic rings. The van der Waals surface area contributed by atoms with Gasteiger partial charge in [0.05, 0.1) is 11.0 Å². The number of imidazole rings is 1. The Balaban J connectivity index is 2.23. The van der Waals surface area contributed by atoms with Gasteiger partial charge in [-0.15, -0.1) is 12.3 Å². The third kappa shape index (κ3) is 2.14. The van der Waals surface area contributed by atoms with Crippen molar-refractivity contribution in [2.45, 2.75) is 19.4 Å². The predicted molar refractivity (Wildman–Crippen MR) is 62.6 cm³/mol. The second-order valence-electron chi connectivity index (χ2n) is 3.70. The van der Waals surface area contributed by atoms with Crippen LogP contribution in [0.3, 0.4) is 0 Å². The Morgan fingerprint density at radius 3 is 3.19 bits per heavy atom. The number of H-pyrrole nitrogens is 1. The zero-order valence-electron chi connectivity index (χ0n) is 8.92. The zero-order valence-corrected chi connectivity index (χ0v) is 8.92. The first-order valence-corrected chi connectivity index (χ1v) is 5.04. The molecule has 0 aliphatic rings. The summed E-state index contributed by atoms with van der Waals surface area (Å²) in [4.78, 5) is 7.27. The van der Waals surface area contributed by atoms with Crippen LogP contribution in [0.4, 0.5) is 10.3 Å². The first-order chi connectivity index (χ1) is 7.69. The van der Waals surface area contributed by atoms with E-state index in [1.54, 1.807) is 6.07 Å². The monoisotopic (exact) mass is 217 g/mol. The van der Waals surface area contributed by atoms with Crippen LogP contribution >= 0.6 is 0 Å². The molecule has 0 fully saturated rings. The number of aromatic amines is 1. The second-order valence-corrected chi connectivity index (χ2v) is 3.70. The minimum absolute atomic E-state index is 0.135. The van der Waals surface area contributed by atoms with E-state index in [9.17, 15) is 4.39 Å². The fourth-order valence-electron chi connectivity index (χ4n) is 1.51. The minimum Gasteiger partial charge on any atom is -0.352 e. The summed E-state index contributed by atoms with van der Waals surface area (Å²) in [6.45, 7) is 1.97. The molecule has 0 aliphatic carbocycles. The lowest BCUT2D eigenvalue weighted by Crippen LogP contribution is -2.14. The first-order valence-electron chi connectivity index (χ1n) is 5.04. The van der Waals surface area contributed by atoms with Crippen molar-refractivity contribution in [3.8, 4) is 12.3 Å². The van der Waals surface area contributed by atoms with E-state index in [0.717, 1.165) is 5.52 Å². The maximum absolute atomic E-state index is 12.9. The molecule has 1 aromatic carbocycles. The SMILES string of the molecule is C#CCC(C)Nc1nc2ccc(F)cc2[nH]1. The van der Waals surface area contributed by atoms with Crippen LogP contribution in [-0.2, 0) is 0 Å². The number of aromatic nitrogens is 2. The highest BCUT2D eigenvalue weighted by Gasteiger charge is 2.05. The highest BCUT2D eigenvalue weighted by atomic mass is 19.1. The molecule has 1 aromatic heterocycles. The van der Waals surface area contributed by atoms with Crippen LogP contribution < -0.4 is 5.32 Å². The number of benzene rings is 1. The Morgan fingerprint density at radius 2 is 2.44 bits per heavy atom. The Kier molecular flexibility index (Phi) is 2.78. The maximum Gasteiger partial charge on any atom is 0.201 e. The van der Waals surface area contributed by atoms with E-state index in [1.807, 2.05) is 6.92 Å². The van der Waals surface area contributed by atoms with Gasteiger partial charge in [0.15, 0.2) is 0 Å². The van der Waals surface area contributed by atoms with Gasteiger partial charge in [-0.2, -0.15) is 0 Å². The Morgan fingerprint density at radius 1 is 1.62 bits per heavy atom. The number of fused-ring (bicyclic) bond motifs is 1. The summed E-state index contributed by atoms with van der Waals surface area (Å²) in [5, 5.41) is 3.12. The molecule has 0 bridgehead atoms. The van der Waals surface area contributed by atoms with Crippen molar-refractivity contribution in [2.24, 2.45) is 0 Å². The minimum atomic E-state index is -0.278. The fourth-order valence-corrected chi connectivity index (χ4v) is 1.51. The number of terminal acetylenes is 1. The quantitative estimate of drug-likeness (QED) is 0.775. The summed E-state index contributed by atoms with van der Waals surface area (Å²) in [6.07, 6.45) is 5.82. The molecule has 82 valence electrons. The van der Waals surface area contributed by atoms with E-state index in [4.69, 9.17) is 6.42 Å². The average molecular weight is 217 g/mol. The lowest BCUT2D eigenvalue weighted by atomic mass is 10.2. The molecule has 0 aliphatic heterocycles. The lowest BCUT2D eigenvalue weighted by Gasteiger charge is -2.08. The van der Waals surface area contributed by atoms with Gasteiger partial charge in [0, 0.05) is 12.5 Å². The molecule has 0 amide bonds. The van der Waals surface area contributed by atoms with Gasteiger partial charge in [0.25, 0.3) is 0 Å². The third-order valence-electron chi connectivity index (χ3n) is 2.25. The van der Waals surface area contributed by atoms with Gasteiger partial charge >= 0.3 is 0 Å².